The summed E-state index contributed by atoms with van der Waals surface area (Å²) in [7, 11) is 1.36. The van der Waals surface area contributed by atoms with E-state index in [2.05, 4.69) is 20.2 Å². The number of nitrogens with zero attached hydrogens (tertiary/aromatic N) is 3. The number of imidazole rings is 1. The molecule has 0 aliphatic carbocycles. The first-order valence-electron chi connectivity index (χ1n) is 6.48. The largest absolute Gasteiger partial charge is 0.465 e. The molecule has 0 aliphatic rings. The number of esters is 1. The van der Waals surface area contributed by atoms with Gasteiger partial charge in [0.1, 0.15) is 11.3 Å². The van der Waals surface area contributed by atoms with E-state index < -0.39 is 5.97 Å². The standard InChI is InChI=1S/C15H14N4O2/c1-8-7-11(9(2)19-18-8)14-16-12-6-4-5-10(13(12)17-14)15(20)21-3/h4-7H,1-3H3,(H,16,17). The third kappa shape index (κ3) is 2.24. The van der Waals surface area contributed by atoms with Gasteiger partial charge >= 0.3 is 5.97 Å². The summed E-state index contributed by atoms with van der Waals surface area (Å²) in [6.07, 6.45) is 0. The van der Waals surface area contributed by atoms with E-state index in [4.69, 9.17) is 4.74 Å². The van der Waals surface area contributed by atoms with Gasteiger partial charge < -0.3 is 9.72 Å². The Labute approximate surface area is 121 Å². The van der Waals surface area contributed by atoms with Gasteiger partial charge in [0.2, 0.25) is 0 Å². The second-order valence-electron chi connectivity index (χ2n) is 4.76. The van der Waals surface area contributed by atoms with Gasteiger partial charge in [0.05, 0.1) is 29.6 Å². The minimum absolute atomic E-state index is 0.403. The molecule has 6 nitrogen and oxygen atoms in total. The third-order valence-electron chi connectivity index (χ3n) is 3.27. The summed E-state index contributed by atoms with van der Waals surface area (Å²) in [4.78, 5) is 19.5. The Bertz CT molecular complexity index is 839. The van der Waals surface area contributed by atoms with Crippen molar-refractivity contribution in [1.82, 2.24) is 20.2 Å². The second-order valence-corrected chi connectivity index (χ2v) is 4.76. The van der Waals surface area contributed by atoms with E-state index >= 15 is 0 Å². The van der Waals surface area contributed by atoms with E-state index in [1.807, 2.05) is 26.0 Å². The lowest BCUT2D eigenvalue weighted by Crippen LogP contribution is -2.01. The van der Waals surface area contributed by atoms with E-state index in [-0.39, 0.29) is 0 Å². The molecule has 3 aromatic rings. The van der Waals surface area contributed by atoms with E-state index in [1.54, 1.807) is 12.1 Å². The minimum Gasteiger partial charge on any atom is -0.465 e. The molecule has 1 N–H and O–H groups in total. The van der Waals surface area contributed by atoms with E-state index in [1.165, 1.54) is 7.11 Å². The number of aromatic amines is 1. The van der Waals surface area contributed by atoms with Crippen molar-refractivity contribution < 1.29 is 9.53 Å². The maximum atomic E-state index is 11.8. The number of fused-ring (bicyclic) bond motifs is 1. The highest BCUT2D eigenvalue weighted by molar-refractivity contribution is 6.02. The van der Waals surface area contributed by atoms with Gasteiger partial charge in [-0.25, -0.2) is 9.78 Å². The highest BCUT2D eigenvalue weighted by Gasteiger charge is 2.16. The van der Waals surface area contributed by atoms with Crippen molar-refractivity contribution in [1.29, 1.82) is 0 Å². The second kappa shape index (κ2) is 4.97. The molecule has 0 unspecified atom stereocenters. The minimum atomic E-state index is -0.403. The van der Waals surface area contributed by atoms with Crippen molar-refractivity contribution in [3.8, 4) is 11.4 Å². The lowest BCUT2D eigenvalue weighted by molar-refractivity contribution is 0.0603. The fraction of sp³-hybridized carbons (Fsp3) is 0.200. The van der Waals surface area contributed by atoms with Crippen LogP contribution in [0.15, 0.2) is 24.3 Å². The number of aryl methyl sites for hydroxylation is 2. The summed E-state index contributed by atoms with van der Waals surface area (Å²) in [5.74, 6) is 0.260. The fourth-order valence-electron chi connectivity index (χ4n) is 2.22. The van der Waals surface area contributed by atoms with E-state index in [9.17, 15) is 4.79 Å². The number of hydrogen-bond acceptors (Lipinski definition) is 5. The summed E-state index contributed by atoms with van der Waals surface area (Å²) in [6, 6.07) is 7.27. The molecule has 0 spiro atoms. The van der Waals surface area contributed by atoms with Crippen LogP contribution in [0, 0.1) is 13.8 Å². The third-order valence-corrected chi connectivity index (χ3v) is 3.27. The molecule has 1 aromatic carbocycles. The number of hydrogen-bond donors (Lipinski definition) is 1. The van der Waals surface area contributed by atoms with Crippen molar-refractivity contribution >= 4 is 17.0 Å². The van der Waals surface area contributed by atoms with Crippen molar-refractivity contribution in [2.75, 3.05) is 7.11 Å². The molecule has 0 bridgehead atoms. The monoisotopic (exact) mass is 282 g/mol. The van der Waals surface area contributed by atoms with E-state index in [0.717, 1.165) is 22.5 Å². The van der Waals surface area contributed by atoms with Gasteiger partial charge in [-0.1, -0.05) is 6.07 Å². The van der Waals surface area contributed by atoms with Gasteiger partial charge in [0.25, 0.3) is 0 Å². The summed E-state index contributed by atoms with van der Waals surface area (Å²) in [5.41, 5.74) is 4.27. The van der Waals surface area contributed by atoms with E-state index in [0.29, 0.717) is 16.9 Å². The number of carbonyl (C=O) groups excluding carboxylic acids is 1. The summed E-state index contributed by atoms with van der Waals surface area (Å²) >= 11 is 0. The Morgan fingerprint density at radius 2 is 2.05 bits per heavy atom. The molecule has 3 rings (SSSR count). The number of carbonyl (C=O) groups is 1. The Morgan fingerprint density at radius 1 is 1.24 bits per heavy atom. The van der Waals surface area contributed by atoms with Crippen molar-refractivity contribution in [2.24, 2.45) is 0 Å². The molecule has 0 atom stereocenters. The van der Waals surface area contributed by atoms with Crippen LogP contribution in [0.25, 0.3) is 22.4 Å². The molecule has 0 amide bonds. The zero-order valence-corrected chi connectivity index (χ0v) is 12.0. The van der Waals surface area contributed by atoms with Gasteiger partial charge in [-0.05, 0) is 32.0 Å². The van der Waals surface area contributed by atoms with Crippen LogP contribution < -0.4 is 0 Å². The van der Waals surface area contributed by atoms with Gasteiger partial charge in [0, 0.05) is 5.56 Å². The molecule has 0 fully saturated rings. The molecular weight excluding hydrogens is 268 g/mol. The molecule has 6 heteroatoms. The summed E-state index contributed by atoms with van der Waals surface area (Å²) < 4.78 is 4.79. The molecule has 21 heavy (non-hydrogen) atoms. The number of aromatic nitrogens is 4. The molecule has 2 aromatic heterocycles. The summed E-state index contributed by atoms with van der Waals surface area (Å²) in [6.45, 7) is 3.74. The number of nitrogens with one attached hydrogen (secondary N) is 1. The van der Waals surface area contributed by atoms with Crippen LogP contribution >= 0.6 is 0 Å². The van der Waals surface area contributed by atoms with Crippen molar-refractivity contribution in [3.05, 3.63) is 41.2 Å². The van der Waals surface area contributed by atoms with Crippen LogP contribution in [-0.2, 0) is 4.74 Å². The SMILES string of the molecule is COC(=O)c1cccc2[nH]c(-c3cc(C)nnc3C)nc12. The predicted molar refractivity (Wildman–Crippen MR) is 77.9 cm³/mol. The van der Waals surface area contributed by atoms with Crippen LogP contribution in [-0.4, -0.2) is 33.2 Å². The quantitative estimate of drug-likeness (QED) is 0.730. The van der Waals surface area contributed by atoms with Crippen LogP contribution in [0.4, 0.5) is 0 Å². The molecular formula is C15H14N4O2. The number of H-pyrrole nitrogens is 1. The van der Waals surface area contributed by atoms with Crippen LogP contribution in [0.2, 0.25) is 0 Å². The number of benzene rings is 1. The van der Waals surface area contributed by atoms with Gasteiger partial charge in [0.15, 0.2) is 0 Å². The Balaban J connectivity index is 2.22. The highest BCUT2D eigenvalue weighted by atomic mass is 16.5. The number of para-hydroxylation sites is 1. The Hall–Kier alpha value is -2.76. The topological polar surface area (TPSA) is 80.8 Å². The molecule has 0 saturated heterocycles. The zero-order chi connectivity index (χ0) is 15.0. The van der Waals surface area contributed by atoms with Gasteiger partial charge in [-0.2, -0.15) is 10.2 Å². The average Bonchev–Trinajstić information content (AvgIpc) is 2.92. The van der Waals surface area contributed by atoms with Gasteiger partial charge in [-0.3, -0.25) is 0 Å². The van der Waals surface area contributed by atoms with Crippen molar-refractivity contribution in [2.45, 2.75) is 13.8 Å². The van der Waals surface area contributed by atoms with Crippen LogP contribution in [0.1, 0.15) is 21.7 Å². The highest BCUT2D eigenvalue weighted by Crippen LogP contribution is 2.24. The summed E-state index contributed by atoms with van der Waals surface area (Å²) in [5, 5.41) is 8.11. The number of methoxy groups -OCH3 is 1. The predicted octanol–water partition coefficient (Wildman–Crippen LogP) is 2.42. The van der Waals surface area contributed by atoms with Crippen LogP contribution in [0.3, 0.4) is 0 Å². The maximum absolute atomic E-state index is 11.8. The first-order valence-corrected chi connectivity index (χ1v) is 6.48. The maximum Gasteiger partial charge on any atom is 0.340 e. The molecule has 106 valence electrons. The van der Waals surface area contributed by atoms with Crippen LogP contribution in [0.5, 0.6) is 0 Å². The number of ether oxygens (including phenoxy) is 1. The lowest BCUT2D eigenvalue weighted by Gasteiger charge is -2.01. The Kier molecular flexibility index (Phi) is 3.13. The average molecular weight is 282 g/mol. The molecule has 0 saturated carbocycles. The molecule has 0 aliphatic heterocycles. The van der Waals surface area contributed by atoms with Crippen molar-refractivity contribution in [3.63, 3.8) is 0 Å². The normalized spacial score (nSPS) is 10.8. The molecule has 2 heterocycles. The lowest BCUT2D eigenvalue weighted by atomic mass is 10.2. The fourth-order valence-corrected chi connectivity index (χ4v) is 2.22. The zero-order valence-electron chi connectivity index (χ0n) is 12.0. The Morgan fingerprint density at radius 3 is 2.81 bits per heavy atom. The number of rotatable bonds is 2. The molecule has 0 radical (unpaired) electrons. The first-order chi connectivity index (χ1) is 10.1. The smallest absolute Gasteiger partial charge is 0.340 e. The van der Waals surface area contributed by atoms with Gasteiger partial charge in [-0.15, -0.1) is 0 Å². The first kappa shape index (κ1) is 13.2.